The number of nitrogens with one attached hydrogen (secondary N) is 1. The van der Waals surface area contributed by atoms with E-state index in [1.165, 1.54) is 16.7 Å². The molecule has 0 aliphatic carbocycles. The van der Waals surface area contributed by atoms with Gasteiger partial charge in [0.1, 0.15) is 5.75 Å². The van der Waals surface area contributed by atoms with E-state index in [0.717, 1.165) is 18.7 Å². The molecule has 1 heterocycles. The van der Waals surface area contributed by atoms with Crippen LogP contribution in [-0.2, 0) is 12.0 Å². The number of rotatable bonds is 2. The van der Waals surface area contributed by atoms with Gasteiger partial charge in [-0.25, -0.2) is 0 Å². The monoisotopic (exact) mass is 253 g/mol. The molecule has 1 aliphatic heterocycles. The second kappa shape index (κ2) is 4.71. The fourth-order valence-electron chi connectivity index (χ4n) is 2.96. The molecule has 0 radical (unpaired) electrons. The second-order valence-corrected chi connectivity index (χ2v) is 5.19. The molecule has 0 spiro atoms. The highest BCUT2D eigenvalue weighted by Gasteiger charge is 2.33. The van der Waals surface area contributed by atoms with E-state index in [-0.39, 0.29) is 5.54 Å². The molecule has 2 aromatic rings. The van der Waals surface area contributed by atoms with Crippen molar-refractivity contribution >= 4 is 0 Å². The SMILES string of the molecule is COc1ccc2c(c1)CCNC2(C)c1ccccc1. The molecule has 3 rings (SSSR count). The molecule has 0 fully saturated rings. The van der Waals surface area contributed by atoms with Crippen LogP contribution in [0.25, 0.3) is 0 Å². The predicted octanol–water partition coefficient (Wildman–Crippen LogP) is 3.10. The summed E-state index contributed by atoms with van der Waals surface area (Å²) in [6.07, 6.45) is 1.05. The van der Waals surface area contributed by atoms with Gasteiger partial charge in [0.25, 0.3) is 0 Å². The summed E-state index contributed by atoms with van der Waals surface area (Å²) in [6.45, 7) is 3.25. The fraction of sp³-hybridized carbons (Fsp3) is 0.294. The summed E-state index contributed by atoms with van der Waals surface area (Å²) in [6, 6.07) is 17.0. The van der Waals surface area contributed by atoms with Crippen LogP contribution in [0.5, 0.6) is 5.75 Å². The van der Waals surface area contributed by atoms with Gasteiger partial charge in [0, 0.05) is 6.54 Å². The smallest absolute Gasteiger partial charge is 0.119 e. The second-order valence-electron chi connectivity index (χ2n) is 5.19. The lowest BCUT2D eigenvalue weighted by Crippen LogP contribution is -2.45. The van der Waals surface area contributed by atoms with Gasteiger partial charge in [-0.05, 0) is 42.2 Å². The van der Waals surface area contributed by atoms with Gasteiger partial charge in [0.2, 0.25) is 0 Å². The fourth-order valence-corrected chi connectivity index (χ4v) is 2.96. The Bertz CT molecular complexity index is 579. The van der Waals surface area contributed by atoms with Crippen LogP contribution < -0.4 is 10.1 Å². The number of ether oxygens (including phenoxy) is 1. The maximum Gasteiger partial charge on any atom is 0.119 e. The normalized spacial score (nSPS) is 21.8. The summed E-state index contributed by atoms with van der Waals surface area (Å²) in [7, 11) is 1.72. The van der Waals surface area contributed by atoms with Gasteiger partial charge >= 0.3 is 0 Å². The lowest BCUT2D eigenvalue weighted by atomic mass is 9.79. The van der Waals surface area contributed by atoms with Crippen molar-refractivity contribution in [1.82, 2.24) is 5.32 Å². The maximum atomic E-state index is 5.33. The highest BCUT2D eigenvalue weighted by molar-refractivity contribution is 5.47. The third kappa shape index (κ3) is 2.02. The number of fused-ring (bicyclic) bond motifs is 1. The molecule has 98 valence electrons. The molecule has 19 heavy (non-hydrogen) atoms. The lowest BCUT2D eigenvalue weighted by Gasteiger charge is -2.38. The van der Waals surface area contributed by atoms with Crippen molar-refractivity contribution in [2.45, 2.75) is 18.9 Å². The Labute approximate surface area is 114 Å². The number of hydrogen-bond acceptors (Lipinski definition) is 2. The molecule has 2 nitrogen and oxygen atoms in total. The largest absolute Gasteiger partial charge is 0.497 e. The van der Waals surface area contributed by atoms with Gasteiger partial charge in [-0.3, -0.25) is 0 Å². The van der Waals surface area contributed by atoms with Crippen LogP contribution in [0, 0.1) is 0 Å². The third-order valence-corrected chi connectivity index (χ3v) is 4.08. The van der Waals surface area contributed by atoms with Crippen molar-refractivity contribution in [2.75, 3.05) is 13.7 Å². The lowest BCUT2D eigenvalue weighted by molar-refractivity contribution is 0.400. The molecule has 1 unspecified atom stereocenters. The minimum atomic E-state index is -0.110. The van der Waals surface area contributed by atoms with Crippen LogP contribution in [0.2, 0.25) is 0 Å². The van der Waals surface area contributed by atoms with E-state index in [4.69, 9.17) is 4.74 Å². The van der Waals surface area contributed by atoms with Gasteiger partial charge in [-0.15, -0.1) is 0 Å². The molecule has 1 aliphatic rings. The average Bonchev–Trinajstić information content (AvgIpc) is 2.48. The van der Waals surface area contributed by atoms with Gasteiger partial charge in [0.05, 0.1) is 12.6 Å². The molecule has 1 N–H and O–H groups in total. The molecule has 0 bridgehead atoms. The molecule has 2 aromatic carbocycles. The predicted molar refractivity (Wildman–Crippen MR) is 77.6 cm³/mol. The highest BCUT2D eigenvalue weighted by Crippen LogP contribution is 2.35. The van der Waals surface area contributed by atoms with Crippen molar-refractivity contribution in [3.05, 3.63) is 65.2 Å². The van der Waals surface area contributed by atoms with Crippen LogP contribution in [0.1, 0.15) is 23.6 Å². The van der Waals surface area contributed by atoms with E-state index < -0.39 is 0 Å². The van der Waals surface area contributed by atoms with Crippen LogP contribution in [-0.4, -0.2) is 13.7 Å². The van der Waals surface area contributed by atoms with Crippen molar-refractivity contribution in [2.24, 2.45) is 0 Å². The summed E-state index contributed by atoms with van der Waals surface area (Å²) < 4.78 is 5.33. The first-order valence-corrected chi connectivity index (χ1v) is 6.72. The quantitative estimate of drug-likeness (QED) is 0.888. The van der Waals surface area contributed by atoms with E-state index in [9.17, 15) is 0 Å². The first-order valence-electron chi connectivity index (χ1n) is 6.72. The van der Waals surface area contributed by atoms with E-state index in [2.05, 4.69) is 54.7 Å². The van der Waals surface area contributed by atoms with Gasteiger partial charge < -0.3 is 10.1 Å². The Balaban J connectivity index is 2.12. The Hall–Kier alpha value is -1.80. The van der Waals surface area contributed by atoms with Crippen molar-refractivity contribution < 1.29 is 4.74 Å². The molecule has 0 saturated heterocycles. The van der Waals surface area contributed by atoms with Crippen LogP contribution >= 0.6 is 0 Å². The Morgan fingerprint density at radius 1 is 1.11 bits per heavy atom. The molecular weight excluding hydrogens is 234 g/mol. The maximum absolute atomic E-state index is 5.33. The number of benzene rings is 2. The molecule has 0 amide bonds. The molecule has 2 heteroatoms. The van der Waals surface area contributed by atoms with E-state index in [1.807, 2.05) is 6.07 Å². The van der Waals surface area contributed by atoms with Gasteiger partial charge in [-0.1, -0.05) is 36.4 Å². The molecular formula is C17H19NO. The standard InChI is InChI=1S/C17H19NO/c1-17(14-6-4-3-5-7-14)16-9-8-15(19-2)12-13(16)10-11-18-17/h3-9,12,18H,10-11H2,1-2H3. The molecule has 1 atom stereocenters. The zero-order valence-corrected chi connectivity index (χ0v) is 11.4. The minimum absolute atomic E-state index is 0.110. The zero-order valence-electron chi connectivity index (χ0n) is 11.4. The Kier molecular flexibility index (Phi) is 3.03. The van der Waals surface area contributed by atoms with Crippen molar-refractivity contribution in [3.8, 4) is 5.75 Å². The van der Waals surface area contributed by atoms with E-state index in [0.29, 0.717) is 0 Å². The average molecular weight is 253 g/mol. The number of methoxy groups -OCH3 is 1. The van der Waals surface area contributed by atoms with E-state index in [1.54, 1.807) is 7.11 Å². The van der Waals surface area contributed by atoms with Gasteiger partial charge in [0.15, 0.2) is 0 Å². The first-order chi connectivity index (χ1) is 9.24. The summed E-state index contributed by atoms with van der Waals surface area (Å²) in [5.41, 5.74) is 3.93. The van der Waals surface area contributed by atoms with E-state index >= 15 is 0 Å². The summed E-state index contributed by atoms with van der Waals surface area (Å²) in [5.74, 6) is 0.941. The molecule has 0 aromatic heterocycles. The summed E-state index contributed by atoms with van der Waals surface area (Å²) in [5, 5.41) is 3.66. The summed E-state index contributed by atoms with van der Waals surface area (Å²) >= 11 is 0. The summed E-state index contributed by atoms with van der Waals surface area (Å²) in [4.78, 5) is 0. The molecule has 0 saturated carbocycles. The Morgan fingerprint density at radius 3 is 2.63 bits per heavy atom. The van der Waals surface area contributed by atoms with Crippen LogP contribution in [0.4, 0.5) is 0 Å². The van der Waals surface area contributed by atoms with Crippen molar-refractivity contribution in [1.29, 1.82) is 0 Å². The minimum Gasteiger partial charge on any atom is -0.497 e. The topological polar surface area (TPSA) is 21.3 Å². The Morgan fingerprint density at radius 2 is 1.89 bits per heavy atom. The van der Waals surface area contributed by atoms with Crippen LogP contribution in [0.3, 0.4) is 0 Å². The van der Waals surface area contributed by atoms with Crippen molar-refractivity contribution in [3.63, 3.8) is 0 Å². The van der Waals surface area contributed by atoms with Gasteiger partial charge in [-0.2, -0.15) is 0 Å². The first kappa shape index (κ1) is 12.2. The number of hydrogen-bond donors (Lipinski definition) is 1. The zero-order chi connectivity index (χ0) is 13.3. The van der Waals surface area contributed by atoms with Crippen LogP contribution in [0.15, 0.2) is 48.5 Å². The third-order valence-electron chi connectivity index (χ3n) is 4.08. The highest BCUT2D eigenvalue weighted by atomic mass is 16.5.